The van der Waals surface area contributed by atoms with Crippen molar-refractivity contribution in [3.8, 4) is 0 Å². The van der Waals surface area contributed by atoms with Crippen molar-refractivity contribution in [1.29, 1.82) is 0 Å². The van der Waals surface area contributed by atoms with E-state index in [0.29, 0.717) is 24.9 Å². The van der Waals surface area contributed by atoms with E-state index in [1.54, 1.807) is 17.0 Å². The largest absolute Gasteiger partial charge is 0.453 e. The second kappa shape index (κ2) is 14.3. The first-order valence-corrected chi connectivity index (χ1v) is 14.5. The summed E-state index contributed by atoms with van der Waals surface area (Å²) >= 11 is 0. The molecule has 7 heteroatoms. The quantitative estimate of drug-likeness (QED) is 0.358. The molecule has 3 aromatic rings. The van der Waals surface area contributed by atoms with E-state index in [1.165, 1.54) is 12.7 Å². The minimum absolute atomic E-state index is 0.161. The van der Waals surface area contributed by atoms with E-state index in [1.807, 2.05) is 61.2 Å². The lowest BCUT2D eigenvalue weighted by atomic mass is 9.89. The van der Waals surface area contributed by atoms with Crippen molar-refractivity contribution in [1.82, 2.24) is 14.7 Å². The van der Waals surface area contributed by atoms with E-state index in [-0.39, 0.29) is 17.8 Å². The first-order chi connectivity index (χ1) is 19.4. The lowest BCUT2D eigenvalue weighted by Gasteiger charge is -2.33. The number of ether oxygens (including phenoxy) is 1. The van der Waals surface area contributed by atoms with Crippen LogP contribution in [0.25, 0.3) is 10.8 Å². The number of carbonyl (C=O) groups excluding carboxylic acids is 2. The first kappa shape index (κ1) is 29.5. The van der Waals surface area contributed by atoms with Crippen LogP contribution in [0.3, 0.4) is 0 Å². The van der Waals surface area contributed by atoms with Gasteiger partial charge in [0.25, 0.3) is 5.91 Å². The van der Waals surface area contributed by atoms with E-state index >= 15 is 0 Å². The highest BCUT2D eigenvalue weighted by atomic mass is 19.1. The summed E-state index contributed by atoms with van der Waals surface area (Å²) in [5, 5.41) is 2.16. The van der Waals surface area contributed by atoms with Crippen molar-refractivity contribution >= 4 is 22.8 Å². The molecule has 2 heterocycles. The Morgan fingerprint density at radius 1 is 0.900 bits per heavy atom. The van der Waals surface area contributed by atoms with Crippen molar-refractivity contribution in [3.63, 3.8) is 0 Å². The van der Waals surface area contributed by atoms with Crippen LogP contribution in [0.4, 0.5) is 9.18 Å². The molecule has 0 radical (unpaired) electrons. The first-order valence-electron chi connectivity index (χ1n) is 14.5. The second-order valence-corrected chi connectivity index (χ2v) is 10.7. The van der Waals surface area contributed by atoms with Crippen LogP contribution in [0, 0.1) is 11.7 Å². The Labute approximate surface area is 237 Å². The molecule has 2 fully saturated rings. The number of piperidine rings is 1. The summed E-state index contributed by atoms with van der Waals surface area (Å²) in [6.45, 7) is 10.2. The predicted molar refractivity (Wildman–Crippen MR) is 158 cm³/mol. The van der Waals surface area contributed by atoms with Gasteiger partial charge in [0.1, 0.15) is 5.82 Å². The van der Waals surface area contributed by atoms with Crippen LogP contribution in [-0.2, 0) is 4.74 Å². The van der Waals surface area contributed by atoms with Crippen molar-refractivity contribution < 1.29 is 18.7 Å². The third kappa shape index (κ3) is 7.39. The number of benzene rings is 3. The summed E-state index contributed by atoms with van der Waals surface area (Å²) in [5.41, 5.74) is 2.08. The van der Waals surface area contributed by atoms with Crippen LogP contribution in [0.1, 0.15) is 54.9 Å². The van der Waals surface area contributed by atoms with Gasteiger partial charge in [-0.05, 0) is 92.6 Å². The molecular formula is C33H42FN3O3. The third-order valence-electron chi connectivity index (χ3n) is 8.23. The molecule has 6 nitrogen and oxygen atoms in total. The molecule has 0 N–H and O–H groups in total. The molecule has 2 aliphatic rings. The highest BCUT2D eigenvalue weighted by Gasteiger charge is 2.30. The topological polar surface area (TPSA) is 53.1 Å². The number of carbonyl (C=O) groups is 2. The van der Waals surface area contributed by atoms with Gasteiger partial charge in [-0.3, -0.25) is 4.79 Å². The van der Waals surface area contributed by atoms with Gasteiger partial charge in [0.2, 0.25) is 0 Å². The molecule has 2 aliphatic heterocycles. The summed E-state index contributed by atoms with van der Waals surface area (Å²) in [4.78, 5) is 30.1. The summed E-state index contributed by atoms with van der Waals surface area (Å²) in [5.74, 6) is 1.07. The maximum atomic E-state index is 13.2. The number of halogens is 1. The van der Waals surface area contributed by atoms with Gasteiger partial charge >= 0.3 is 6.09 Å². The van der Waals surface area contributed by atoms with Crippen LogP contribution in [0.2, 0.25) is 0 Å². The Bertz CT molecular complexity index is 1250. The van der Waals surface area contributed by atoms with Crippen LogP contribution < -0.4 is 0 Å². The van der Waals surface area contributed by atoms with E-state index < -0.39 is 0 Å². The number of methoxy groups -OCH3 is 1. The standard InChI is InChI=1S/C27H29FN2O.C6H13NO2/c28-24-10-8-21(9-11-24)22-13-15-29(16-14-22)18-20-12-17-30(19-20)27(31)26-7-3-5-23-4-1-2-6-25(23)26;1-4-7(5-2)6(8)9-3/h1-11,20,22H,12-19H2;4-5H2,1-3H3/t20-;/m1./s1. The van der Waals surface area contributed by atoms with Crippen LogP contribution in [0.5, 0.6) is 0 Å². The second-order valence-electron chi connectivity index (χ2n) is 10.7. The third-order valence-corrected chi connectivity index (χ3v) is 8.23. The van der Waals surface area contributed by atoms with Crippen molar-refractivity contribution in [2.75, 3.05) is 52.9 Å². The fraction of sp³-hybridized carbons (Fsp3) is 0.455. The average molecular weight is 548 g/mol. The Morgan fingerprint density at radius 2 is 1.57 bits per heavy atom. The molecule has 1 atom stereocenters. The summed E-state index contributed by atoms with van der Waals surface area (Å²) < 4.78 is 17.7. The van der Waals surface area contributed by atoms with Gasteiger partial charge in [-0.15, -0.1) is 0 Å². The molecule has 0 unspecified atom stereocenters. The Hall–Kier alpha value is -3.45. The fourth-order valence-corrected chi connectivity index (χ4v) is 5.91. The number of likely N-dealkylation sites (tertiary alicyclic amines) is 2. The van der Waals surface area contributed by atoms with Gasteiger partial charge < -0.3 is 19.4 Å². The monoisotopic (exact) mass is 547 g/mol. The van der Waals surface area contributed by atoms with Gasteiger partial charge in [0, 0.05) is 38.3 Å². The van der Waals surface area contributed by atoms with Crippen molar-refractivity contribution in [2.45, 2.75) is 39.0 Å². The van der Waals surface area contributed by atoms with E-state index in [0.717, 1.165) is 68.3 Å². The molecule has 0 spiro atoms. The van der Waals surface area contributed by atoms with Crippen LogP contribution in [-0.4, -0.2) is 79.6 Å². The van der Waals surface area contributed by atoms with Crippen LogP contribution >= 0.6 is 0 Å². The number of hydrogen-bond donors (Lipinski definition) is 0. The maximum Gasteiger partial charge on any atom is 0.409 e. The highest BCUT2D eigenvalue weighted by Crippen LogP contribution is 2.30. The van der Waals surface area contributed by atoms with Gasteiger partial charge in [0.05, 0.1) is 7.11 Å². The van der Waals surface area contributed by atoms with Crippen molar-refractivity contribution in [2.24, 2.45) is 5.92 Å². The van der Waals surface area contributed by atoms with Gasteiger partial charge in [0.15, 0.2) is 0 Å². The molecule has 0 saturated carbocycles. The normalized spacial score (nSPS) is 17.8. The van der Waals surface area contributed by atoms with E-state index in [4.69, 9.17) is 0 Å². The molecule has 2 amide bonds. The molecule has 0 bridgehead atoms. The lowest BCUT2D eigenvalue weighted by molar-refractivity contribution is 0.0783. The molecule has 3 aromatic carbocycles. The number of fused-ring (bicyclic) bond motifs is 1. The van der Waals surface area contributed by atoms with Crippen molar-refractivity contribution in [3.05, 3.63) is 83.7 Å². The summed E-state index contributed by atoms with van der Waals surface area (Å²) in [6.07, 6.45) is 3.07. The highest BCUT2D eigenvalue weighted by molar-refractivity contribution is 6.07. The summed E-state index contributed by atoms with van der Waals surface area (Å²) in [6, 6.07) is 21.1. The Morgan fingerprint density at radius 3 is 2.23 bits per heavy atom. The number of nitrogens with zero attached hydrogens (tertiary/aromatic N) is 3. The zero-order valence-electron chi connectivity index (χ0n) is 24.0. The minimum atomic E-state index is -0.250. The number of rotatable bonds is 6. The van der Waals surface area contributed by atoms with Crippen LogP contribution in [0.15, 0.2) is 66.7 Å². The lowest BCUT2D eigenvalue weighted by Crippen LogP contribution is -2.37. The molecular weight excluding hydrogens is 505 g/mol. The molecule has 214 valence electrons. The van der Waals surface area contributed by atoms with Gasteiger partial charge in [-0.25, -0.2) is 9.18 Å². The average Bonchev–Trinajstić information content (AvgIpc) is 3.46. The minimum Gasteiger partial charge on any atom is -0.453 e. The van der Waals surface area contributed by atoms with E-state index in [2.05, 4.69) is 21.8 Å². The molecule has 0 aliphatic carbocycles. The molecule has 2 saturated heterocycles. The number of hydrogen-bond acceptors (Lipinski definition) is 4. The zero-order valence-corrected chi connectivity index (χ0v) is 24.0. The molecule has 40 heavy (non-hydrogen) atoms. The predicted octanol–water partition coefficient (Wildman–Crippen LogP) is 6.42. The molecule has 5 rings (SSSR count). The maximum absolute atomic E-state index is 13.2. The smallest absolute Gasteiger partial charge is 0.409 e. The SMILES string of the molecule is CCN(CC)C(=O)OC.O=C(c1cccc2ccccc12)N1CC[C@H](CN2CCC(c3ccc(F)cc3)CC2)C1. The zero-order chi connectivity index (χ0) is 28.5. The Kier molecular flexibility index (Phi) is 10.5. The fourth-order valence-electron chi connectivity index (χ4n) is 5.91. The number of amides is 2. The van der Waals surface area contributed by atoms with E-state index in [9.17, 15) is 14.0 Å². The molecule has 0 aromatic heterocycles. The summed E-state index contributed by atoms with van der Waals surface area (Å²) in [7, 11) is 1.39. The van der Waals surface area contributed by atoms with Gasteiger partial charge in [-0.2, -0.15) is 0 Å². The Balaban J connectivity index is 0.000000357. The van der Waals surface area contributed by atoms with Gasteiger partial charge in [-0.1, -0.05) is 48.5 Å².